The number of thioether (sulfide) groups is 1. The van der Waals surface area contributed by atoms with Gasteiger partial charge in [-0.15, -0.1) is 5.10 Å². The van der Waals surface area contributed by atoms with E-state index >= 15 is 0 Å². The first-order valence-electron chi connectivity index (χ1n) is 6.49. The van der Waals surface area contributed by atoms with Crippen molar-refractivity contribution in [2.24, 2.45) is 0 Å². The molecule has 2 rings (SSSR count). The van der Waals surface area contributed by atoms with E-state index in [9.17, 15) is 4.79 Å². The van der Waals surface area contributed by atoms with Gasteiger partial charge in [0, 0.05) is 6.54 Å². The fraction of sp³-hybridized carbons (Fsp3) is 0.583. The number of hydrogen-bond donors (Lipinski definition) is 3. The van der Waals surface area contributed by atoms with E-state index in [4.69, 9.17) is 5.73 Å². The van der Waals surface area contributed by atoms with E-state index in [1.54, 1.807) is 0 Å². The van der Waals surface area contributed by atoms with Crippen LogP contribution in [0.1, 0.15) is 32.1 Å². The van der Waals surface area contributed by atoms with Crippen molar-refractivity contribution in [1.29, 1.82) is 0 Å². The van der Waals surface area contributed by atoms with Crippen molar-refractivity contribution in [2.45, 2.75) is 37.3 Å². The minimum absolute atomic E-state index is 0.00443. The molecular formula is C12H19N5OS. The van der Waals surface area contributed by atoms with Gasteiger partial charge in [0.1, 0.15) is 0 Å². The van der Waals surface area contributed by atoms with Gasteiger partial charge in [0.25, 0.3) is 0 Å². The van der Waals surface area contributed by atoms with Crippen LogP contribution in [0.5, 0.6) is 0 Å². The van der Waals surface area contributed by atoms with E-state index in [0.29, 0.717) is 17.5 Å². The lowest BCUT2D eigenvalue weighted by Crippen LogP contribution is -2.26. The summed E-state index contributed by atoms with van der Waals surface area (Å²) in [7, 11) is 0. The average Bonchev–Trinajstić information content (AvgIpc) is 2.83. The third-order valence-corrected chi connectivity index (χ3v) is 3.82. The third-order valence-electron chi connectivity index (χ3n) is 2.97. The van der Waals surface area contributed by atoms with Crippen LogP contribution in [0.25, 0.3) is 0 Å². The van der Waals surface area contributed by atoms with Gasteiger partial charge in [0.2, 0.25) is 17.0 Å². The number of nitrogens with zero attached hydrogens (tertiary/aromatic N) is 2. The molecule has 6 nitrogen and oxygen atoms in total. The Hall–Kier alpha value is -1.50. The van der Waals surface area contributed by atoms with Crippen LogP contribution in [0.4, 0.5) is 5.95 Å². The Kier molecular flexibility index (Phi) is 5.26. The fourth-order valence-corrected chi connectivity index (χ4v) is 2.63. The number of allylic oxidation sites excluding steroid dienone is 1. The Balaban J connectivity index is 1.60. The van der Waals surface area contributed by atoms with E-state index in [1.165, 1.54) is 43.0 Å². The number of carbonyl (C=O) groups is 1. The maximum Gasteiger partial charge on any atom is 0.230 e. The molecule has 19 heavy (non-hydrogen) atoms. The van der Waals surface area contributed by atoms with Crippen molar-refractivity contribution in [3.05, 3.63) is 11.6 Å². The van der Waals surface area contributed by atoms with Crippen molar-refractivity contribution in [2.75, 3.05) is 18.0 Å². The van der Waals surface area contributed by atoms with Gasteiger partial charge in [-0.3, -0.25) is 4.79 Å². The predicted molar refractivity (Wildman–Crippen MR) is 75.7 cm³/mol. The molecule has 4 N–H and O–H groups in total. The van der Waals surface area contributed by atoms with Crippen LogP contribution < -0.4 is 11.1 Å². The van der Waals surface area contributed by atoms with Crippen LogP contribution in [0.15, 0.2) is 16.8 Å². The minimum atomic E-state index is 0.00443. The molecule has 7 heteroatoms. The number of H-pyrrole nitrogens is 1. The fourth-order valence-electron chi connectivity index (χ4n) is 2.00. The summed E-state index contributed by atoms with van der Waals surface area (Å²) in [5.74, 6) is 0.591. The molecule has 1 aliphatic carbocycles. The topological polar surface area (TPSA) is 96.7 Å². The summed E-state index contributed by atoms with van der Waals surface area (Å²) in [5, 5.41) is 9.80. The summed E-state index contributed by atoms with van der Waals surface area (Å²) in [6.45, 7) is 0.710. The summed E-state index contributed by atoms with van der Waals surface area (Å²) in [6.07, 6.45) is 8.21. The van der Waals surface area contributed by atoms with Gasteiger partial charge in [0.15, 0.2) is 0 Å². The van der Waals surface area contributed by atoms with E-state index < -0.39 is 0 Å². The summed E-state index contributed by atoms with van der Waals surface area (Å²) >= 11 is 1.28. The van der Waals surface area contributed by atoms with Crippen molar-refractivity contribution >= 4 is 23.6 Å². The lowest BCUT2D eigenvalue weighted by Gasteiger charge is -2.12. The number of carbonyl (C=O) groups excluding carboxylic acids is 1. The molecule has 0 saturated carbocycles. The second-order valence-electron chi connectivity index (χ2n) is 4.50. The van der Waals surface area contributed by atoms with Gasteiger partial charge >= 0.3 is 0 Å². The predicted octanol–water partition coefficient (Wildman–Crippen LogP) is 1.49. The third kappa shape index (κ3) is 4.94. The van der Waals surface area contributed by atoms with E-state index in [2.05, 4.69) is 26.6 Å². The van der Waals surface area contributed by atoms with Crippen LogP contribution in [0.2, 0.25) is 0 Å². The molecule has 0 unspecified atom stereocenters. The Morgan fingerprint density at radius 1 is 1.53 bits per heavy atom. The van der Waals surface area contributed by atoms with Crippen molar-refractivity contribution in [1.82, 2.24) is 20.5 Å². The molecule has 1 aromatic rings. The molecule has 0 aliphatic heterocycles. The molecular weight excluding hydrogens is 262 g/mol. The first-order chi connectivity index (χ1) is 9.24. The number of rotatable bonds is 6. The second kappa shape index (κ2) is 7.18. The highest BCUT2D eigenvalue weighted by Crippen LogP contribution is 2.19. The largest absolute Gasteiger partial charge is 0.368 e. The normalized spacial score (nSPS) is 15.1. The smallest absolute Gasteiger partial charge is 0.230 e. The van der Waals surface area contributed by atoms with Gasteiger partial charge in [-0.05, 0) is 32.1 Å². The Bertz CT molecular complexity index is 457. The van der Waals surface area contributed by atoms with E-state index in [1.807, 2.05) is 0 Å². The number of nitrogens with two attached hydrogens (primary N) is 1. The maximum absolute atomic E-state index is 11.6. The first kappa shape index (κ1) is 13.9. The summed E-state index contributed by atoms with van der Waals surface area (Å²) in [6, 6.07) is 0. The van der Waals surface area contributed by atoms with E-state index in [-0.39, 0.29) is 11.9 Å². The molecule has 0 radical (unpaired) electrons. The molecule has 1 aromatic heterocycles. The first-order valence-corrected chi connectivity index (χ1v) is 7.48. The van der Waals surface area contributed by atoms with Crippen molar-refractivity contribution in [3.8, 4) is 0 Å². The van der Waals surface area contributed by atoms with Gasteiger partial charge in [-0.2, -0.15) is 4.98 Å². The summed E-state index contributed by atoms with van der Waals surface area (Å²) in [4.78, 5) is 15.5. The zero-order valence-electron chi connectivity index (χ0n) is 10.8. The lowest BCUT2D eigenvalue weighted by molar-refractivity contribution is -0.118. The van der Waals surface area contributed by atoms with Gasteiger partial charge in [0.05, 0.1) is 5.75 Å². The maximum atomic E-state index is 11.6. The highest BCUT2D eigenvalue weighted by Gasteiger charge is 2.07. The molecule has 0 saturated heterocycles. The van der Waals surface area contributed by atoms with Gasteiger partial charge in [-0.25, -0.2) is 5.10 Å². The quantitative estimate of drug-likeness (QED) is 0.542. The Morgan fingerprint density at radius 3 is 3.11 bits per heavy atom. The van der Waals surface area contributed by atoms with Gasteiger partial charge < -0.3 is 11.1 Å². The van der Waals surface area contributed by atoms with E-state index in [0.717, 1.165) is 6.42 Å². The molecule has 104 valence electrons. The summed E-state index contributed by atoms with van der Waals surface area (Å²) in [5.41, 5.74) is 6.87. The Labute approximate surface area is 116 Å². The molecule has 0 atom stereocenters. The number of aromatic nitrogens is 3. The molecule has 1 heterocycles. The Morgan fingerprint density at radius 2 is 2.42 bits per heavy atom. The zero-order valence-corrected chi connectivity index (χ0v) is 11.6. The number of hydrogen-bond acceptors (Lipinski definition) is 5. The van der Waals surface area contributed by atoms with Crippen LogP contribution in [0.3, 0.4) is 0 Å². The number of amides is 1. The number of anilines is 1. The minimum Gasteiger partial charge on any atom is -0.368 e. The molecule has 0 spiro atoms. The van der Waals surface area contributed by atoms with Crippen LogP contribution in [0, 0.1) is 0 Å². The number of aromatic amines is 1. The van der Waals surface area contributed by atoms with Crippen LogP contribution in [-0.2, 0) is 4.79 Å². The lowest BCUT2D eigenvalue weighted by atomic mass is 9.97. The number of nitrogen functional groups attached to an aromatic ring is 1. The highest BCUT2D eigenvalue weighted by molar-refractivity contribution is 7.99. The monoisotopic (exact) mass is 281 g/mol. The zero-order chi connectivity index (χ0) is 13.5. The molecule has 1 aliphatic rings. The molecule has 0 fully saturated rings. The van der Waals surface area contributed by atoms with Crippen LogP contribution in [-0.4, -0.2) is 33.4 Å². The standard InChI is InChI=1S/C12H19N5OS/c13-11-15-12(17-16-11)19-8-10(18)14-7-6-9-4-2-1-3-5-9/h4H,1-3,5-8H2,(H,14,18)(H3,13,15,16,17). The van der Waals surface area contributed by atoms with Crippen molar-refractivity contribution in [3.63, 3.8) is 0 Å². The summed E-state index contributed by atoms with van der Waals surface area (Å²) < 4.78 is 0. The van der Waals surface area contributed by atoms with Gasteiger partial charge in [-0.1, -0.05) is 23.4 Å². The average molecular weight is 281 g/mol. The number of nitrogens with one attached hydrogen (secondary N) is 2. The molecule has 1 amide bonds. The highest BCUT2D eigenvalue weighted by atomic mass is 32.2. The molecule has 0 aromatic carbocycles. The molecule has 0 bridgehead atoms. The van der Waals surface area contributed by atoms with Crippen LogP contribution >= 0.6 is 11.8 Å². The second-order valence-corrected chi connectivity index (χ2v) is 5.44. The SMILES string of the molecule is Nc1nc(SCC(=O)NCCC2=CCCCC2)n[nH]1. The van der Waals surface area contributed by atoms with Crippen molar-refractivity contribution < 1.29 is 4.79 Å².